The zero-order chi connectivity index (χ0) is 14.6. The van der Waals surface area contributed by atoms with Gasteiger partial charge in [-0.2, -0.15) is 0 Å². The molecule has 0 aromatic heterocycles. The highest BCUT2D eigenvalue weighted by Gasteiger charge is 2.10. The van der Waals surface area contributed by atoms with Crippen molar-refractivity contribution in [3.8, 4) is 0 Å². The lowest BCUT2D eigenvalue weighted by atomic mass is 10.9. The van der Waals surface area contributed by atoms with Crippen LogP contribution in [0.5, 0.6) is 0 Å². The van der Waals surface area contributed by atoms with Gasteiger partial charge in [0.2, 0.25) is 0 Å². The fraction of sp³-hybridized carbons (Fsp3) is 0.500. The van der Waals surface area contributed by atoms with Crippen LogP contribution in [0.25, 0.3) is 0 Å². The van der Waals surface area contributed by atoms with Crippen LogP contribution in [-0.4, -0.2) is 48.0 Å². The average molecular weight is 268 g/mol. The molecular weight excluding hydrogens is 256 g/mol. The van der Waals surface area contributed by atoms with Crippen molar-refractivity contribution in [3.05, 3.63) is 0 Å². The molecule has 0 bridgehead atoms. The molecule has 0 saturated carbocycles. The lowest BCUT2D eigenvalue weighted by molar-refractivity contribution is 0.0408. The molecule has 0 aliphatic carbocycles. The van der Waals surface area contributed by atoms with Gasteiger partial charge in [-0.3, -0.25) is 0 Å². The quantitative estimate of drug-likeness (QED) is 0.430. The summed E-state index contributed by atoms with van der Waals surface area (Å²) in [6.45, 7) is 3.54. The van der Waals surface area contributed by atoms with E-state index in [9.17, 15) is 19.2 Å². The summed E-state index contributed by atoms with van der Waals surface area (Å²) in [5.74, 6) is 0. The Balaban J connectivity index is 0. The summed E-state index contributed by atoms with van der Waals surface area (Å²) < 4.78 is 15.7. The summed E-state index contributed by atoms with van der Waals surface area (Å²) in [5.41, 5.74) is 0. The smallest absolute Gasteiger partial charge is 0.449 e. The van der Waals surface area contributed by atoms with Crippen molar-refractivity contribution in [2.24, 2.45) is 0 Å². The Morgan fingerprint density at radius 2 is 1.11 bits per heavy atom. The first-order chi connectivity index (χ1) is 8.33. The van der Waals surface area contributed by atoms with Crippen LogP contribution in [0.2, 0.25) is 0 Å². The maximum absolute atomic E-state index is 10.4. The molecule has 0 aliphatic heterocycles. The van der Waals surface area contributed by atoms with Crippen molar-refractivity contribution >= 4 is 24.6 Å². The Bertz CT molecular complexity index is 268. The number of carboxylic acid groups (broad SMARTS) is 2. The highest BCUT2D eigenvalue weighted by atomic mass is 16.8. The molecule has 18 heavy (non-hydrogen) atoms. The second-order valence-electron chi connectivity index (χ2n) is 2.10. The van der Waals surface area contributed by atoms with E-state index in [1.54, 1.807) is 13.8 Å². The molecule has 10 nitrogen and oxygen atoms in total. The summed E-state index contributed by atoms with van der Waals surface area (Å²) in [5, 5.41) is 15.0. The highest BCUT2D eigenvalue weighted by Crippen LogP contribution is 1.89. The van der Waals surface area contributed by atoms with Crippen LogP contribution in [0.4, 0.5) is 19.2 Å². The van der Waals surface area contributed by atoms with Crippen LogP contribution in [0, 0.1) is 0 Å². The van der Waals surface area contributed by atoms with Crippen LogP contribution >= 0.6 is 0 Å². The third kappa shape index (κ3) is 15.9. The van der Waals surface area contributed by atoms with Crippen molar-refractivity contribution < 1.29 is 48.3 Å². The monoisotopic (exact) mass is 268 g/mol. The summed E-state index contributed by atoms with van der Waals surface area (Å²) in [6, 6.07) is 0. The van der Waals surface area contributed by atoms with Crippen LogP contribution in [-0.2, 0) is 18.9 Å². The topological polar surface area (TPSA) is 146 Å². The van der Waals surface area contributed by atoms with Crippen molar-refractivity contribution in [3.63, 3.8) is 0 Å². The molecular formula is C8H12O10. The van der Waals surface area contributed by atoms with Gasteiger partial charge in [-0.1, -0.05) is 0 Å². The van der Waals surface area contributed by atoms with Crippen molar-refractivity contribution in [2.45, 2.75) is 13.8 Å². The lowest BCUT2D eigenvalue weighted by Gasteiger charge is -2.01. The summed E-state index contributed by atoms with van der Waals surface area (Å²) in [7, 11) is 0. The second-order valence-corrected chi connectivity index (χ2v) is 2.10. The zero-order valence-corrected chi connectivity index (χ0v) is 9.57. The number of rotatable bonds is 2. The first-order valence-corrected chi connectivity index (χ1v) is 4.48. The van der Waals surface area contributed by atoms with Gasteiger partial charge in [0, 0.05) is 0 Å². The molecule has 0 fully saturated rings. The molecule has 2 N–H and O–H groups in total. The van der Waals surface area contributed by atoms with E-state index < -0.39 is 24.6 Å². The van der Waals surface area contributed by atoms with Gasteiger partial charge >= 0.3 is 24.6 Å². The second kappa shape index (κ2) is 11.0. The standard InChI is InChI=1S/C6H10O5.C2H2O5/c1-3-9-5(7)11-6(8)10-4-2;3-1(4)7-2(5)6/h3-4H2,1-2H3;(H,3,4)(H,5,6). The van der Waals surface area contributed by atoms with Crippen molar-refractivity contribution in [1.29, 1.82) is 0 Å². The molecule has 0 saturated heterocycles. The molecule has 0 spiro atoms. The number of hydrogen-bond donors (Lipinski definition) is 2. The first-order valence-electron chi connectivity index (χ1n) is 4.48. The highest BCUT2D eigenvalue weighted by molar-refractivity contribution is 5.76. The molecule has 0 aliphatic rings. The van der Waals surface area contributed by atoms with Gasteiger partial charge in [-0.25, -0.2) is 19.2 Å². The van der Waals surface area contributed by atoms with Gasteiger partial charge < -0.3 is 29.2 Å². The number of ether oxygens (including phenoxy) is 4. The van der Waals surface area contributed by atoms with E-state index in [1.807, 2.05) is 0 Å². The number of hydrogen-bond acceptors (Lipinski definition) is 8. The summed E-state index contributed by atoms with van der Waals surface area (Å²) >= 11 is 0. The number of carbonyl (C=O) groups is 4. The largest absolute Gasteiger partial charge is 0.518 e. The Labute approximate surface area is 101 Å². The van der Waals surface area contributed by atoms with E-state index >= 15 is 0 Å². The SMILES string of the molecule is CCOC(=O)OC(=O)OCC.O=C(O)OC(=O)O. The van der Waals surface area contributed by atoms with Gasteiger partial charge in [0.15, 0.2) is 0 Å². The minimum Gasteiger partial charge on any atom is -0.449 e. The predicted octanol–water partition coefficient (Wildman–Crippen LogP) is 1.68. The third-order valence-electron chi connectivity index (χ3n) is 0.866. The Morgan fingerprint density at radius 3 is 1.28 bits per heavy atom. The Hall–Kier alpha value is -2.52. The fourth-order valence-corrected chi connectivity index (χ4v) is 0.437. The Morgan fingerprint density at radius 1 is 0.778 bits per heavy atom. The first kappa shape index (κ1) is 17.9. The van der Waals surface area contributed by atoms with Gasteiger partial charge in [-0.05, 0) is 13.8 Å². The minimum atomic E-state index is -1.81. The average Bonchev–Trinajstić information content (AvgIpc) is 2.16. The van der Waals surface area contributed by atoms with E-state index in [1.165, 1.54) is 0 Å². The van der Waals surface area contributed by atoms with Crippen molar-refractivity contribution in [1.82, 2.24) is 0 Å². The molecule has 0 amide bonds. The third-order valence-corrected chi connectivity index (χ3v) is 0.866. The zero-order valence-electron chi connectivity index (χ0n) is 9.57. The van der Waals surface area contributed by atoms with E-state index in [-0.39, 0.29) is 13.2 Å². The maximum Gasteiger partial charge on any atom is 0.518 e. The van der Waals surface area contributed by atoms with E-state index in [0.717, 1.165) is 0 Å². The van der Waals surface area contributed by atoms with Crippen molar-refractivity contribution in [2.75, 3.05) is 13.2 Å². The summed E-state index contributed by atoms with van der Waals surface area (Å²) in [4.78, 5) is 39.2. The van der Waals surface area contributed by atoms with E-state index in [2.05, 4.69) is 18.9 Å². The molecule has 0 atom stereocenters. The molecule has 0 radical (unpaired) electrons. The fourth-order valence-electron chi connectivity index (χ4n) is 0.437. The molecule has 0 heterocycles. The Kier molecular flexibility index (Phi) is 10.9. The molecule has 10 heteroatoms. The number of carbonyl (C=O) groups excluding carboxylic acids is 2. The van der Waals surface area contributed by atoms with Gasteiger partial charge in [0.25, 0.3) is 0 Å². The maximum atomic E-state index is 10.4. The molecule has 0 unspecified atom stereocenters. The van der Waals surface area contributed by atoms with Gasteiger partial charge in [0.1, 0.15) is 0 Å². The molecule has 104 valence electrons. The van der Waals surface area contributed by atoms with Crippen LogP contribution < -0.4 is 0 Å². The summed E-state index contributed by atoms with van der Waals surface area (Å²) in [6.07, 6.45) is -5.70. The molecule has 0 aromatic rings. The minimum absolute atomic E-state index is 0.165. The van der Waals surface area contributed by atoms with Crippen LogP contribution in [0.1, 0.15) is 13.8 Å². The van der Waals surface area contributed by atoms with Gasteiger partial charge in [-0.15, -0.1) is 0 Å². The van der Waals surface area contributed by atoms with E-state index in [0.29, 0.717) is 0 Å². The van der Waals surface area contributed by atoms with Crippen LogP contribution in [0.15, 0.2) is 0 Å². The molecule has 0 rings (SSSR count). The normalized spacial score (nSPS) is 8.11. The lowest BCUT2D eigenvalue weighted by Crippen LogP contribution is -2.14. The molecule has 0 aromatic carbocycles. The van der Waals surface area contributed by atoms with Crippen LogP contribution in [0.3, 0.4) is 0 Å². The van der Waals surface area contributed by atoms with Gasteiger partial charge in [0.05, 0.1) is 13.2 Å². The van der Waals surface area contributed by atoms with E-state index in [4.69, 9.17) is 10.2 Å². The predicted molar refractivity (Wildman–Crippen MR) is 52.3 cm³/mol.